The molecule has 0 fully saturated rings. The summed E-state index contributed by atoms with van der Waals surface area (Å²) in [7, 11) is 0. The van der Waals surface area contributed by atoms with Crippen LogP contribution in [-0.2, 0) is 0 Å². The molecule has 0 aliphatic heterocycles. The molecule has 0 aromatic heterocycles. The molecule has 0 saturated heterocycles. The van der Waals surface area contributed by atoms with Gasteiger partial charge in [0.25, 0.3) is 0 Å². The highest BCUT2D eigenvalue weighted by Gasteiger charge is 2.12. The van der Waals surface area contributed by atoms with Gasteiger partial charge in [-0.15, -0.1) is 0 Å². The molecule has 5 heteroatoms. The van der Waals surface area contributed by atoms with Crippen molar-refractivity contribution >= 4 is 43.2 Å². The van der Waals surface area contributed by atoms with Crippen LogP contribution in [0.15, 0.2) is 39.3 Å². The third-order valence-corrected chi connectivity index (χ3v) is 4.03. The van der Waals surface area contributed by atoms with Gasteiger partial charge in [-0.1, -0.05) is 6.07 Å². The Kier molecular flexibility index (Phi) is 4.23. The van der Waals surface area contributed by atoms with Crippen LogP contribution in [0.5, 0.6) is 0 Å². The zero-order valence-corrected chi connectivity index (χ0v) is 13.1. The van der Waals surface area contributed by atoms with E-state index in [1.807, 2.05) is 31.2 Å². The van der Waals surface area contributed by atoms with Crippen LogP contribution in [-0.4, -0.2) is 0 Å². The van der Waals surface area contributed by atoms with E-state index >= 15 is 0 Å². The number of aryl methyl sites for hydroxylation is 1. The molecule has 0 aliphatic rings. The minimum atomic E-state index is -0.480. The summed E-state index contributed by atoms with van der Waals surface area (Å²) < 4.78 is 15.1. The summed E-state index contributed by atoms with van der Waals surface area (Å²) in [6.45, 7) is 1.98. The van der Waals surface area contributed by atoms with Crippen molar-refractivity contribution in [3.63, 3.8) is 0 Å². The Morgan fingerprint density at radius 1 is 1.16 bits per heavy atom. The first kappa shape index (κ1) is 14.0. The summed E-state index contributed by atoms with van der Waals surface area (Å²) >= 11 is 6.51. The van der Waals surface area contributed by atoms with Crippen LogP contribution < -0.4 is 5.32 Å². The van der Waals surface area contributed by atoms with E-state index in [1.165, 1.54) is 0 Å². The fourth-order valence-electron chi connectivity index (χ4n) is 1.60. The van der Waals surface area contributed by atoms with Gasteiger partial charge in [0.15, 0.2) is 5.82 Å². The summed E-state index contributed by atoms with van der Waals surface area (Å²) in [5, 5.41) is 11.8. The lowest BCUT2D eigenvalue weighted by molar-refractivity contribution is 0.624. The van der Waals surface area contributed by atoms with Gasteiger partial charge in [0.2, 0.25) is 0 Å². The Hall–Kier alpha value is -1.38. The van der Waals surface area contributed by atoms with E-state index in [0.717, 1.165) is 15.7 Å². The molecule has 2 nitrogen and oxygen atoms in total. The lowest BCUT2D eigenvalue weighted by Crippen LogP contribution is -1.97. The maximum Gasteiger partial charge on any atom is 0.162 e. The van der Waals surface area contributed by atoms with Gasteiger partial charge in [-0.2, -0.15) is 5.26 Å². The summed E-state index contributed by atoms with van der Waals surface area (Å²) in [5.41, 5.74) is 2.46. The van der Waals surface area contributed by atoms with Crippen LogP contribution in [0.3, 0.4) is 0 Å². The van der Waals surface area contributed by atoms with E-state index in [-0.39, 0.29) is 10.0 Å². The maximum atomic E-state index is 14.1. The second-order valence-corrected chi connectivity index (χ2v) is 5.66. The first-order valence-corrected chi connectivity index (χ1v) is 7.03. The molecule has 0 unspecified atom stereocenters. The molecule has 2 aromatic rings. The van der Waals surface area contributed by atoms with Gasteiger partial charge >= 0.3 is 0 Å². The van der Waals surface area contributed by atoms with Crippen LogP contribution in [0.25, 0.3) is 0 Å². The van der Waals surface area contributed by atoms with Gasteiger partial charge in [-0.3, -0.25) is 0 Å². The number of nitriles is 1. The van der Waals surface area contributed by atoms with Crippen molar-refractivity contribution < 1.29 is 4.39 Å². The second kappa shape index (κ2) is 5.72. The number of hydrogen-bond donors (Lipinski definition) is 1. The van der Waals surface area contributed by atoms with Crippen LogP contribution in [0.1, 0.15) is 11.1 Å². The van der Waals surface area contributed by atoms with Gasteiger partial charge in [-0.25, -0.2) is 4.39 Å². The Labute approximate surface area is 127 Å². The van der Waals surface area contributed by atoms with Crippen molar-refractivity contribution in [2.75, 3.05) is 5.32 Å². The van der Waals surface area contributed by atoms with Crippen LogP contribution in [0, 0.1) is 24.1 Å². The molecule has 0 heterocycles. The smallest absolute Gasteiger partial charge is 0.162 e. The molecule has 0 spiro atoms. The summed E-state index contributed by atoms with van der Waals surface area (Å²) in [6.07, 6.45) is 0. The van der Waals surface area contributed by atoms with Crippen molar-refractivity contribution in [2.45, 2.75) is 6.92 Å². The highest BCUT2D eigenvalue weighted by Crippen LogP contribution is 2.31. The zero-order chi connectivity index (χ0) is 14.0. The van der Waals surface area contributed by atoms with Crippen molar-refractivity contribution in [3.05, 3.63) is 56.2 Å². The van der Waals surface area contributed by atoms with Gasteiger partial charge in [0.1, 0.15) is 6.07 Å². The van der Waals surface area contributed by atoms with Crippen molar-refractivity contribution in [2.24, 2.45) is 0 Å². The molecule has 19 heavy (non-hydrogen) atoms. The van der Waals surface area contributed by atoms with Gasteiger partial charge in [-0.05, 0) is 68.6 Å². The van der Waals surface area contributed by atoms with Crippen molar-refractivity contribution in [1.29, 1.82) is 5.26 Å². The molecule has 0 amide bonds. The lowest BCUT2D eigenvalue weighted by Gasteiger charge is -2.11. The van der Waals surface area contributed by atoms with Gasteiger partial charge in [0.05, 0.1) is 21.4 Å². The fourth-order valence-corrected chi connectivity index (χ4v) is 2.63. The third-order valence-electron chi connectivity index (χ3n) is 2.60. The molecule has 0 atom stereocenters. The highest BCUT2D eigenvalue weighted by molar-refractivity contribution is 9.11. The number of rotatable bonds is 2. The highest BCUT2D eigenvalue weighted by atomic mass is 79.9. The van der Waals surface area contributed by atoms with Crippen molar-refractivity contribution in [1.82, 2.24) is 0 Å². The normalized spacial score (nSPS) is 10.1. The third kappa shape index (κ3) is 2.96. The molecule has 2 aromatic carbocycles. The average molecular weight is 384 g/mol. The van der Waals surface area contributed by atoms with Gasteiger partial charge in [0, 0.05) is 4.47 Å². The molecule has 0 saturated carbocycles. The standard InChI is InChI=1S/C14H9Br2FN2/c1-8-2-4-11(10(15)6-8)19-12-5-3-9(7-18)13(16)14(12)17/h2-6,19H,1H3. The molecule has 0 aliphatic carbocycles. The summed E-state index contributed by atoms with van der Waals surface area (Å²) in [5.74, 6) is -0.480. The number of nitrogens with one attached hydrogen (secondary N) is 1. The fraction of sp³-hybridized carbons (Fsp3) is 0.0714. The predicted molar refractivity (Wildman–Crippen MR) is 81.0 cm³/mol. The first-order valence-electron chi connectivity index (χ1n) is 5.44. The Bertz CT molecular complexity index is 678. The average Bonchev–Trinajstić information content (AvgIpc) is 2.38. The van der Waals surface area contributed by atoms with E-state index in [2.05, 4.69) is 37.2 Å². The van der Waals surface area contributed by atoms with Crippen LogP contribution >= 0.6 is 31.9 Å². The molecule has 0 bridgehead atoms. The monoisotopic (exact) mass is 382 g/mol. The maximum absolute atomic E-state index is 14.1. The van der Waals surface area contributed by atoms with E-state index < -0.39 is 5.82 Å². The van der Waals surface area contributed by atoms with Crippen LogP contribution in [0.4, 0.5) is 15.8 Å². The number of nitrogens with zero attached hydrogens (tertiary/aromatic N) is 1. The Balaban J connectivity index is 2.39. The number of anilines is 2. The number of hydrogen-bond acceptors (Lipinski definition) is 2. The zero-order valence-electron chi connectivity index (χ0n) is 9.97. The largest absolute Gasteiger partial charge is 0.352 e. The van der Waals surface area contributed by atoms with Crippen molar-refractivity contribution in [3.8, 4) is 6.07 Å². The summed E-state index contributed by atoms with van der Waals surface area (Å²) in [4.78, 5) is 0. The SMILES string of the molecule is Cc1ccc(Nc2ccc(C#N)c(Br)c2F)c(Br)c1. The minimum absolute atomic E-state index is 0.170. The first-order chi connectivity index (χ1) is 9.02. The van der Waals surface area contributed by atoms with Gasteiger partial charge < -0.3 is 5.32 Å². The topological polar surface area (TPSA) is 35.8 Å². The second-order valence-electron chi connectivity index (χ2n) is 4.01. The molecule has 96 valence electrons. The molecular formula is C14H9Br2FN2. The minimum Gasteiger partial charge on any atom is -0.352 e. The quantitative estimate of drug-likeness (QED) is 0.766. The molecule has 1 N–H and O–H groups in total. The van der Waals surface area contributed by atoms with E-state index in [4.69, 9.17) is 5.26 Å². The molecule has 2 rings (SSSR count). The van der Waals surface area contributed by atoms with Crippen LogP contribution in [0.2, 0.25) is 0 Å². The Morgan fingerprint density at radius 2 is 1.84 bits per heavy atom. The van der Waals surface area contributed by atoms with E-state index in [1.54, 1.807) is 12.1 Å². The molecular weight excluding hydrogens is 375 g/mol. The van der Waals surface area contributed by atoms with E-state index in [0.29, 0.717) is 5.69 Å². The summed E-state index contributed by atoms with van der Waals surface area (Å²) in [6, 6.07) is 10.8. The predicted octanol–water partition coefficient (Wildman–Crippen LogP) is 5.27. The lowest BCUT2D eigenvalue weighted by atomic mass is 10.2. The molecule has 0 radical (unpaired) electrons. The number of benzene rings is 2. The number of halogens is 3. The Morgan fingerprint density at radius 3 is 2.47 bits per heavy atom. The van der Waals surface area contributed by atoms with E-state index in [9.17, 15) is 4.39 Å².